The van der Waals surface area contributed by atoms with Gasteiger partial charge in [-0.15, -0.1) is 0 Å². The van der Waals surface area contributed by atoms with Crippen LogP contribution in [0.1, 0.15) is 25.0 Å². The highest BCUT2D eigenvalue weighted by Gasteiger charge is 2.30. The van der Waals surface area contributed by atoms with Gasteiger partial charge in [-0.25, -0.2) is 4.79 Å². The molecule has 0 aliphatic carbocycles. The monoisotopic (exact) mass is 537 g/mol. The van der Waals surface area contributed by atoms with E-state index in [1.807, 2.05) is 60.4 Å². The molecule has 2 atom stereocenters. The highest BCUT2D eigenvalue weighted by atomic mass is 35.5. The molecule has 0 radical (unpaired) electrons. The van der Waals surface area contributed by atoms with Crippen LogP contribution in [0.15, 0.2) is 60.8 Å². The van der Waals surface area contributed by atoms with E-state index in [2.05, 4.69) is 15.6 Å². The summed E-state index contributed by atoms with van der Waals surface area (Å²) in [4.78, 5) is 43.0. The number of carbonyl (C=O) groups is 3. The Labute approximate surface area is 227 Å². The number of aromatic nitrogens is 1. The zero-order valence-corrected chi connectivity index (χ0v) is 22.3. The van der Waals surface area contributed by atoms with Crippen LogP contribution in [-0.4, -0.2) is 71.0 Å². The van der Waals surface area contributed by atoms with Crippen LogP contribution >= 0.6 is 11.6 Å². The summed E-state index contributed by atoms with van der Waals surface area (Å²) in [6.07, 6.45) is 1.26. The third-order valence-corrected chi connectivity index (χ3v) is 6.91. The fourth-order valence-electron chi connectivity index (χ4n) is 4.36. The second kappa shape index (κ2) is 12.7. The second-order valence-corrected chi connectivity index (χ2v) is 9.69. The molecule has 3 amide bonds. The number of piperazine rings is 2. The van der Waals surface area contributed by atoms with Crippen molar-refractivity contribution < 1.29 is 19.1 Å². The molecular weight excluding hydrogens is 506 g/mol. The number of nitrogens with zero attached hydrogens (tertiary/aromatic N) is 3. The predicted octanol–water partition coefficient (Wildman–Crippen LogP) is 3.35. The Morgan fingerprint density at radius 2 is 1.84 bits per heavy atom. The average molecular weight is 538 g/mol. The molecule has 0 spiro atoms. The maximum atomic E-state index is 12.1. The van der Waals surface area contributed by atoms with Gasteiger partial charge in [0.05, 0.1) is 16.6 Å². The van der Waals surface area contributed by atoms with Crippen molar-refractivity contribution in [3.63, 3.8) is 0 Å². The van der Waals surface area contributed by atoms with Crippen molar-refractivity contribution >= 4 is 40.4 Å². The van der Waals surface area contributed by atoms with Gasteiger partial charge in [-0.05, 0) is 37.1 Å². The quantitative estimate of drug-likeness (QED) is 0.529. The molecule has 5 rings (SSSR count). The van der Waals surface area contributed by atoms with Gasteiger partial charge in [0.1, 0.15) is 12.6 Å². The number of halogens is 1. The number of fused-ring (bicyclic) bond motifs is 1. The standard InChI is InChI=1S/C15H16ClN3O.C13H16N2O3/c1-10-15(20)19(7-6-17-10)9-11-2-3-12-13(16)4-5-18-14(12)8-11;1-10-12(16)14-7-8-15(10)13(17)18-9-11-5-3-2-4-6-11/h2-5,8,10,17H,6-7,9H2,1H3;2-6,10H,7-9H2,1H3,(H,14,16)/t2*10-/m00/s1. The largest absolute Gasteiger partial charge is 0.445 e. The van der Waals surface area contributed by atoms with Crippen molar-refractivity contribution in [3.8, 4) is 0 Å². The van der Waals surface area contributed by atoms with E-state index in [1.165, 1.54) is 4.90 Å². The zero-order chi connectivity index (χ0) is 27.1. The Morgan fingerprint density at radius 1 is 1.05 bits per heavy atom. The predicted molar refractivity (Wildman–Crippen MR) is 145 cm³/mol. The minimum Gasteiger partial charge on any atom is -0.445 e. The van der Waals surface area contributed by atoms with Gasteiger partial charge in [-0.3, -0.25) is 19.5 Å². The maximum Gasteiger partial charge on any atom is 0.410 e. The Hall–Kier alpha value is -3.69. The lowest BCUT2D eigenvalue weighted by Gasteiger charge is -2.31. The number of ether oxygens (including phenoxy) is 1. The first-order valence-corrected chi connectivity index (χ1v) is 13.0. The van der Waals surface area contributed by atoms with Crippen molar-refractivity contribution in [2.24, 2.45) is 0 Å². The van der Waals surface area contributed by atoms with Gasteiger partial charge in [-0.1, -0.05) is 54.1 Å². The number of rotatable bonds is 4. The third-order valence-electron chi connectivity index (χ3n) is 6.58. The Morgan fingerprint density at radius 3 is 2.63 bits per heavy atom. The number of amides is 3. The molecule has 2 aromatic carbocycles. The van der Waals surface area contributed by atoms with Crippen molar-refractivity contribution in [1.29, 1.82) is 0 Å². The number of nitrogens with one attached hydrogen (secondary N) is 2. The molecule has 38 heavy (non-hydrogen) atoms. The van der Waals surface area contributed by atoms with Gasteiger partial charge in [0, 0.05) is 44.3 Å². The van der Waals surface area contributed by atoms with Gasteiger partial charge in [-0.2, -0.15) is 0 Å². The highest BCUT2D eigenvalue weighted by molar-refractivity contribution is 6.35. The van der Waals surface area contributed by atoms with Crippen LogP contribution in [0.25, 0.3) is 10.9 Å². The van der Waals surface area contributed by atoms with Crippen molar-refractivity contribution in [2.75, 3.05) is 26.2 Å². The number of benzene rings is 2. The first kappa shape index (κ1) is 27.3. The molecule has 0 unspecified atom stereocenters. The van der Waals surface area contributed by atoms with Crippen LogP contribution in [0.4, 0.5) is 4.79 Å². The molecule has 1 aromatic heterocycles. The van der Waals surface area contributed by atoms with Crippen LogP contribution in [0.2, 0.25) is 5.02 Å². The number of hydrogen-bond donors (Lipinski definition) is 2. The van der Waals surface area contributed by atoms with E-state index in [0.717, 1.165) is 35.1 Å². The Kier molecular flexibility index (Phi) is 9.15. The van der Waals surface area contributed by atoms with Crippen LogP contribution in [-0.2, 0) is 27.5 Å². The summed E-state index contributed by atoms with van der Waals surface area (Å²) in [7, 11) is 0. The summed E-state index contributed by atoms with van der Waals surface area (Å²) in [5.41, 5.74) is 2.88. The van der Waals surface area contributed by atoms with E-state index in [-0.39, 0.29) is 24.5 Å². The van der Waals surface area contributed by atoms with Crippen molar-refractivity contribution in [1.82, 2.24) is 25.4 Å². The summed E-state index contributed by atoms with van der Waals surface area (Å²) in [6, 6.07) is 16.7. The molecule has 10 heteroatoms. The molecular formula is C28H32ClN5O4. The zero-order valence-electron chi connectivity index (χ0n) is 21.5. The van der Waals surface area contributed by atoms with Crippen LogP contribution in [0.5, 0.6) is 0 Å². The minimum absolute atomic E-state index is 0.100. The lowest BCUT2D eigenvalue weighted by molar-refractivity contribution is -0.135. The maximum absolute atomic E-state index is 12.1. The van der Waals surface area contributed by atoms with E-state index >= 15 is 0 Å². The van der Waals surface area contributed by atoms with Crippen molar-refractivity contribution in [2.45, 2.75) is 39.1 Å². The molecule has 2 saturated heterocycles. The van der Waals surface area contributed by atoms with Gasteiger partial charge in [0.15, 0.2) is 0 Å². The third kappa shape index (κ3) is 6.79. The molecule has 0 saturated carbocycles. The molecule has 2 aliphatic rings. The smallest absolute Gasteiger partial charge is 0.410 e. The molecule has 2 fully saturated rings. The Balaban J connectivity index is 0.000000178. The summed E-state index contributed by atoms with van der Waals surface area (Å²) in [5, 5.41) is 7.51. The summed E-state index contributed by atoms with van der Waals surface area (Å²) >= 11 is 6.13. The number of hydrogen-bond acceptors (Lipinski definition) is 6. The summed E-state index contributed by atoms with van der Waals surface area (Å²) in [5.74, 6) is 0.00770. The van der Waals surface area contributed by atoms with E-state index in [9.17, 15) is 14.4 Å². The highest BCUT2D eigenvalue weighted by Crippen LogP contribution is 2.23. The molecule has 3 aromatic rings. The van der Waals surface area contributed by atoms with E-state index < -0.39 is 12.1 Å². The van der Waals surface area contributed by atoms with E-state index in [0.29, 0.717) is 24.7 Å². The first-order valence-electron chi connectivity index (χ1n) is 12.6. The van der Waals surface area contributed by atoms with Gasteiger partial charge in [0.2, 0.25) is 11.8 Å². The summed E-state index contributed by atoms with van der Waals surface area (Å²) in [6.45, 7) is 6.98. The average Bonchev–Trinajstić information content (AvgIpc) is 2.92. The van der Waals surface area contributed by atoms with Crippen LogP contribution in [0, 0.1) is 0 Å². The fourth-order valence-corrected chi connectivity index (χ4v) is 4.57. The minimum atomic E-state index is -0.470. The molecule has 0 bridgehead atoms. The lowest BCUT2D eigenvalue weighted by Crippen LogP contribution is -2.55. The summed E-state index contributed by atoms with van der Waals surface area (Å²) < 4.78 is 5.19. The SMILES string of the molecule is C[C@@H]1NCCN(Cc2ccc3c(Cl)ccnc3c2)C1=O.C[C@H]1C(=O)NCCN1C(=O)OCc1ccccc1. The lowest BCUT2D eigenvalue weighted by atomic mass is 10.1. The molecule has 9 nitrogen and oxygen atoms in total. The second-order valence-electron chi connectivity index (χ2n) is 9.28. The van der Waals surface area contributed by atoms with Crippen molar-refractivity contribution in [3.05, 3.63) is 76.9 Å². The Bertz CT molecular complexity index is 1290. The van der Waals surface area contributed by atoms with Gasteiger partial charge >= 0.3 is 6.09 Å². The van der Waals surface area contributed by atoms with Crippen LogP contribution in [0.3, 0.4) is 0 Å². The number of pyridine rings is 1. The molecule has 200 valence electrons. The topological polar surface area (TPSA) is 104 Å². The van der Waals surface area contributed by atoms with Gasteiger partial charge < -0.3 is 20.3 Å². The molecule has 2 N–H and O–H groups in total. The normalized spacial score (nSPS) is 19.4. The molecule has 2 aliphatic heterocycles. The molecule has 3 heterocycles. The fraction of sp³-hybridized carbons (Fsp3) is 0.357. The first-order chi connectivity index (χ1) is 18.3. The van der Waals surface area contributed by atoms with E-state index in [1.54, 1.807) is 19.2 Å². The van der Waals surface area contributed by atoms with Gasteiger partial charge in [0.25, 0.3) is 0 Å². The van der Waals surface area contributed by atoms with E-state index in [4.69, 9.17) is 16.3 Å². The number of carbonyl (C=O) groups excluding carboxylic acids is 3. The van der Waals surface area contributed by atoms with Crippen LogP contribution < -0.4 is 10.6 Å².